The number of hydrogen-bond donors (Lipinski definition) is 3. The third kappa shape index (κ3) is 2.70. The lowest BCUT2D eigenvalue weighted by Gasteiger charge is -2.12. The second-order valence-corrected chi connectivity index (χ2v) is 5.51. The first-order valence-corrected chi connectivity index (χ1v) is 7.26. The topological polar surface area (TPSA) is 101 Å². The summed E-state index contributed by atoms with van der Waals surface area (Å²) < 4.78 is 8.36. The lowest BCUT2D eigenvalue weighted by molar-refractivity contribution is 1.07. The maximum atomic E-state index is 6.23. The van der Waals surface area contributed by atoms with Crippen LogP contribution in [-0.4, -0.2) is 9.97 Å². The zero-order valence-electron chi connectivity index (χ0n) is 10.7. The van der Waals surface area contributed by atoms with Gasteiger partial charge in [-0.05, 0) is 13.0 Å². The van der Waals surface area contributed by atoms with Gasteiger partial charge in [0.2, 0.25) is 5.95 Å². The lowest BCUT2D eigenvalue weighted by atomic mass is 10.2. The second-order valence-electron chi connectivity index (χ2n) is 4.16. The van der Waals surface area contributed by atoms with Crippen LogP contribution in [-0.2, 0) is 11.4 Å². The Kier molecular flexibility index (Phi) is 3.77. The normalized spacial score (nSPS) is 12.0. The first kappa shape index (κ1) is 14.2. The molecule has 0 amide bonds. The Morgan fingerprint density at radius 3 is 2.62 bits per heavy atom. The zero-order valence-corrected chi connectivity index (χ0v) is 13.0. The number of aromatic nitrogens is 2. The van der Waals surface area contributed by atoms with Crippen molar-refractivity contribution in [3.8, 4) is 0 Å². The molecule has 1 aliphatic rings. The summed E-state index contributed by atoms with van der Waals surface area (Å²) in [5, 5.41) is 4.00. The van der Waals surface area contributed by atoms with Crippen LogP contribution in [0.3, 0.4) is 0 Å². The van der Waals surface area contributed by atoms with Crippen LogP contribution in [0.1, 0.15) is 5.69 Å². The van der Waals surface area contributed by atoms with Crippen LogP contribution in [0.5, 0.6) is 0 Å². The molecule has 1 aromatic heterocycles. The summed E-state index contributed by atoms with van der Waals surface area (Å²) in [4.78, 5) is 8.32. The highest BCUT2D eigenvalue weighted by molar-refractivity contribution is 7.58. The van der Waals surface area contributed by atoms with E-state index < -0.39 is 0 Å². The average molecular weight is 342 g/mol. The standard InChI is InChI=1S/C11H9Cl2N7S/c1-4-2-7(17-11(15-4)18-14)16-8-5(12)3-6(13)9-10(8)20-21-19-9/h2-3H,14H2,1H3,(H2,15,16,17,18). The van der Waals surface area contributed by atoms with Crippen LogP contribution < -0.4 is 16.6 Å². The van der Waals surface area contributed by atoms with Gasteiger partial charge in [0.05, 0.1) is 27.1 Å². The molecule has 0 fully saturated rings. The van der Waals surface area contributed by atoms with Crippen LogP contribution in [0.25, 0.3) is 0 Å². The molecule has 21 heavy (non-hydrogen) atoms. The minimum absolute atomic E-state index is 0.301. The number of nitrogen functional groups attached to an aromatic ring is 1. The van der Waals surface area contributed by atoms with E-state index >= 15 is 0 Å². The minimum Gasteiger partial charge on any atom is -0.337 e. The fourth-order valence-corrected chi connectivity index (χ4v) is 2.98. The van der Waals surface area contributed by atoms with Crippen molar-refractivity contribution in [2.24, 2.45) is 14.6 Å². The number of nitrogens with one attached hydrogen (secondary N) is 2. The highest BCUT2D eigenvalue weighted by Gasteiger charge is 2.19. The molecule has 2 aromatic rings. The van der Waals surface area contributed by atoms with Gasteiger partial charge in [-0.1, -0.05) is 23.2 Å². The van der Waals surface area contributed by atoms with Gasteiger partial charge >= 0.3 is 0 Å². The summed E-state index contributed by atoms with van der Waals surface area (Å²) in [5.74, 6) is 6.18. The number of benzene rings is 1. The molecule has 0 saturated heterocycles. The molecule has 2 heterocycles. The van der Waals surface area contributed by atoms with Crippen LogP contribution in [0.15, 0.2) is 20.9 Å². The third-order valence-corrected chi connectivity index (χ3v) is 3.79. The van der Waals surface area contributed by atoms with Crippen molar-refractivity contribution >= 4 is 63.4 Å². The van der Waals surface area contributed by atoms with Crippen LogP contribution in [0, 0.1) is 6.92 Å². The molecule has 0 unspecified atom stereocenters. The van der Waals surface area contributed by atoms with Crippen molar-refractivity contribution in [2.75, 3.05) is 10.7 Å². The number of nitrogens with zero attached hydrogens (tertiary/aromatic N) is 4. The fourth-order valence-electron chi connectivity index (χ4n) is 1.82. The largest absolute Gasteiger partial charge is 0.337 e. The molecular weight excluding hydrogens is 333 g/mol. The van der Waals surface area contributed by atoms with E-state index in [4.69, 9.17) is 29.0 Å². The Balaban J connectivity index is 2.06. The molecule has 1 aromatic carbocycles. The van der Waals surface area contributed by atoms with Gasteiger partial charge in [0.15, 0.2) is 0 Å². The first-order valence-electron chi connectivity index (χ1n) is 5.78. The summed E-state index contributed by atoms with van der Waals surface area (Å²) in [5.41, 5.74) is 4.93. The van der Waals surface area contributed by atoms with Gasteiger partial charge in [0.1, 0.15) is 17.2 Å². The third-order valence-electron chi connectivity index (χ3n) is 2.68. The minimum atomic E-state index is 0.301. The summed E-state index contributed by atoms with van der Waals surface area (Å²) in [7, 11) is 0. The molecular formula is C11H9Cl2N7S. The van der Waals surface area contributed by atoms with Gasteiger partial charge < -0.3 is 5.32 Å². The van der Waals surface area contributed by atoms with Gasteiger partial charge in [0.25, 0.3) is 0 Å². The number of hydrazine groups is 1. The van der Waals surface area contributed by atoms with Crippen molar-refractivity contribution in [3.63, 3.8) is 0 Å². The van der Waals surface area contributed by atoms with E-state index in [1.807, 2.05) is 6.92 Å². The van der Waals surface area contributed by atoms with Gasteiger partial charge in [-0.2, -0.15) is 13.7 Å². The van der Waals surface area contributed by atoms with E-state index in [-0.39, 0.29) is 0 Å². The maximum Gasteiger partial charge on any atom is 0.239 e. The first-order chi connectivity index (χ1) is 10.1. The zero-order chi connectivity index (χ0) is 15.0. The summed E-state index contributed by atoms with van der Waals surface area (Å²) in [6.45, 7) is 1.83. The molecule has 108 valence electrons. The van der Waals surface area contributed by atoms with Crippen molar-refractivity contribution in [1.29, 1.82) is 0 Å². The maximum absolute atomic E-state index is 6.23. The predicted molar refractivity (Wildman–Crippen MR) is 85.9 cm³/mol. The SMILES string of the molecule is Cc1cc(Nc2c(Cl)cc(Cl)c3c2N=S=N3)nc(NN)n1. The van der Waals surface area contributed by atoms with Gasteiger partial charge in [0, 0.05) is 11.8 Å². The van der Waals surface area contributed by atoms with Crippen molar-refractivity contribution < 1.29 is 0 Å². The van der Waals surface area contributed by atoms with E-state index in [0.717, 1.165) is 17.0 Å². The fraction of sp³-hybridized carbons (Fsp3) is 0.0909. The van der Waals surface area contributed by atoms with E-state index in [0.29, 0.717) is 38.9 Å². The Hall–Kier alpha value is -1.74. The van der Waals surface area contributed by atoms with E-state index in [1.54, 1.807) is 12.1 Å². The van der Waals surface area contributed by atoms with E-state index in [1.165, 1.54) is 0 Å². The number of aryl methyl sites for hydroxylation is 1. The quantitative estimate of drug-likeness (QED) is 0.496. The summed E-state index contributed by atoms with van der Waals surface area (Å²) in [6, 6.07) is 3.38. The van der Waals surface area contributed by atoms with Crippen LogP contribution in [0.2, 0.25) is 10.0 Å². The Morgan fingerprint density at radius 1 is 1.10 bits per heavy atom. The molecule has 0 atom stereocenters. The number of hydrogen-bond acceptors (Lipinski definition) is 7. The lowest BCUT2D eigenvalue weighted by Crippen LogP contribution is -2.12. The highest BCUT2D eigenvalue weighted by Crippen LogP contribution is 2.48. The van der Waals surface area contributed by atoms with Crippen LogP contribution >= 0.6 is 23.2 Å². The Bertz CT molecular complexity index is 802. The van der Waals surface area contributed by atoms with Crippen molar-refractivity contribution in [2.45, 2.75) is 6.92 Å². The average Bonchev–Trinajstić information content (AvgIpc) is 2.92. The molecule has 0 aliphatic carbocycles. The predicted octanol–water partition coefficient (Wildman–Crippen LogP) is 3.85. The molecule has 0 saturated carbocycles. The molecule has 3 rings (SSSR count). The van der Waals surface area contributed by atoms with Gasteiger partial charge in [-0.3, -0.25) is 5.43 Å². The molecule has 0 bridgehead atoms. The van der Waals surface area contributed by atoms with Crippen LogP contribution in [0.4, 0.5) is 28.8 Å². The Morgan fingerprint density at radius 2 is 1.86 bits per heavy atom. The second kappa shape index (κ2) is 5.57. The number of anilines is 3. The molecule has 4 N–H and O–H groups in total. The smallest absolute Gasteiger partial charge is 0.239 e. The molecule has 0 spiro atoms. The van der Waals surface area contributed by atoms with E-state index in [2.05, 4.69) is 29.4 Å². The number of halogens is 2. The molecule has 0 radical (unpaired) electrons. The number of nitrogens with two attached hydrogens (primary N) is 1. The number of rotatable bonds is 3. The molecule has 7 nitrogen and oxygen atoms in total. The highest BCUT2D eigenvalue weighted by atomic mass is 35.5. The van der Waals surface area contributed by atoms with E-state index in [9.17, 15) is 0 Å². The number of fused-ring (bicyclic) bond motifs is 1. The monoisotopic (exact) mass is 341 g/mol. The molecule has 1 aliphatic heterocycles. The van der Waals surface area contributed by atoms with Crippen molar-refractivity contribution in [1.82, 2.24) is 9.97 Å². The van der Waals surface area contributed by atoms with Crippen molar-refractivity contribution in [3.05, 3.63) is 27.9 Å². The Labute approximate surface area is 133 Å². The molecule has 10 heteroatoms. The van der Waals surface area contributed by atoms with Gasteiger partial charge in [-0.25, -0.2) is 10.8 Å². The summed E-state index contributed by atoms with van der Waals surface area (Å²) in [6.07, 6.45) is 0. The summed E-state index contributed by atoms with van der Waals surface area (Å²) >= 11 is 13.4. The van der Waals surface area contributed by atoms with Gasteiger partial charge in [-0.15, -0.1) is 0 Å².